The number of hydrogen-bond acceptors (Lipinski definition) is 3. The molecule has 1 aromatic carbocycles. The maximum Gasteiger partial charge on any atom is 0.126 e. The first-order valence-corrected chi connectivity index (χ1v) is 8.73. The molecule has 0 N–H and O–H groups in total. The Balaban J connectivity index is 0.00000156. The third kappa shape index (κ3) is 6.03. The zero-order valence-corrected chi connectivity index (χ0v) is 16.7. The lowest BCUT2D eigenvalue weighted by atomic mass is 10.1. The predicted molar refractivity (Wildman–Crippen MR) is 108 cm³/mol. The zero-order chi connectivity index (χ0) is 16.1. The van der Waals surface area contributed by atoms with E-state index in [4.69, 9.17) is 16.3 Å². The largest absolute Gasteiger partial charge is 0.490 e. The molecule has 0 saturated carbocycles. The van der Waals surface area contributed by atoms with E-state index in [-0.39, 0.29) is 30.9 Å². The summed E-state index contributed by atoms with van der Waals surface area (Å²) in [6.07, 6.45) is 4.19. The molecule has 2 heterocycles. The molecule has 1 fully saturated rings. The van der Waals surface area contributed by atoms with E-state index in [1.54, 1.807) is 6.20 Å². The van der Waals surface area contributed by atoms with Gasteiger partial charge < -0.3 is 4.74 Å². The Labute approximate surface area is 167 Å². The summed E-state index contributed by atoms with van der Waals surface area (Å²) >= 11 is 5.92. The second-order valence-corrected chi connectivity index (χ2v) is 6.36. The van der Waals surface area contributed by atoms with Gasteiger partial charge in [-0.2, -0.15) is 0 Å². The molecule has 1 aliphatic rings. The first-order chi connectivity index (χ1) is 11.3. The molecule has 0 aliphatic carbocycles. The third-order valence-electron chi connectivity index (χ3n) is 4.46. The van der Waals surface area contributed by atoms with Gasteiger partial charge in [0.1, 0.15) is 11.9 Å². The van der Waals surface area contributed by atoms with Crippen molar-refractivity contribution in [3.8, 4) is 5.75 Å². The van der Waals surface area contributed by atoms with Crippen LogP contribution in [0.3, 0.4) is 0 Å². The number of benzene rings is 1. The van der Waals surface area contributed by atoms with Crippen LogP contribution in [0.25, 0.3) is 0 Å². The fourth-order valence-electron chi connectivity index (χ4n) is 3.03. The van der Waals surface area contributed by atoms with Crippen molar-refractivity contribution in [2.75, 3.05) is 13.1 Å². The van der Waals surface area contributed by atoms with Gasteiger partial charge in [-0.1, -0.05) is 30.3 Å². The quantitative estimate of drug-likeness (QED) is 0.656. The molecule has 0 amide bonds. The highest BCUT2D eigenvalue weighted by Crippen LogP contribution is 2.25. The molecule has 0 atom stereocenters. The summed E-state index contributed by atoms with van der Waals surface area (Å²) in [6.45, 7) is 5.21. The topological polar surface area (TPSA) is 25.4 Å². The van der Waals surface area contributed by atoms with Gasteiger partial charge in [-0.3, -0.25) is 9.88 Å². The molecule has 0 radical (unpaired) electrons. The number of likely N-dealkylation sites (tertiary alicyclic amines) is 1. The lowest BCUT2D eigenvalue weighted by molar-refractivity contribution is 0.0961. The summed E-state index contributed by atoms with van der Waals surface area (Å²) in [4.78, 5) is 6.79. The normalized spacial score (nSPS) is 15.1. The van der Waals surface area contributed by atoms with Crippen molar-refractivity contribution in [2.45, 2.75) is 38.3 Å². The Morgan fingerprint density at radius 3 is 2.44 bits per heavy atom. The van der Waals surface area contributed by atoms with Crippen molar-refractivity contribution in [1.82, 2.24) is 9.88 Å². The van der Waals surface area contributed by atoms with Gasteiger partial charge in [0.25, 0.3) is 0 Å². The molecular weight excluding hydrogens is 379 g/mol. The Bertz CT molecular complexity index is 632. The highest BCUT2D eigenvalue weighted by molar-refractivity contribution is 6.17. The minimum Gasteiger partial charge on any atom is -0.490 e. The SMILES string of the molecule is Cc1c(OC2CCN(Cc3ccccc3)CC2)ccnc1CCl.Cl.Cl. The molecule has 1 aliphatic heterocycles. The summed E-state index contributed by atoms with van der Waals surface area (Å²) in [6, 6.07) is 12.6. The van der Waals surface area contributed by atoms with E-state index in [0.29, 0.717) is 5.88 Å². The zero-order valence-electron chi connectivity index (χ0n) is 14.4. The summed E-state index contributed by atoms with van der Waals surface area (Å²) in [5, 5.41) is 0. The lowest BCUT2D eigenvalue weighted by Crippen LogP contribution is -2.37. The summed E-state index contributed by atoms with van der Waals surface area (Å²) in [5.74, 6) is 1.36. The van der Waals surface area contributed by atoms with Gasteiger partial charge in [0.05, 0.1) is 11.6 Å². The van der Waals surface area contributed by atoms with E-state index >= 15 is 0 Å². The fraction of sp³-hybridized carbons (Fsp3) is 0.421. The molecule has 1 aromatic heterocycles. The van der Waals surface area contributed by atoms with Crippen LogP contribution in [0.15, 0.2) is 42.6 Å². The smallest absolute Gasteiger partial charge is 0.126 e. The van der Waals surface area contributed by atoms with Crippen LogP contribution >= 0.6 is 36.4 Å². The number of hydrogen-bond donors (Lipinski definition) is 0. The van der Waals surface area contributed by atoms with Gasteiger partial charge >= 0.3 is 0 Å². The van der Waals surface area contributed by atoms with E-state index in [0.717, 1.165) is 49.5 Å². The van der Waals surface area contributed by atoms with Crippen molar-refractivity contribution < 1.29 is 4.74 Å². The standard InChI is InChI=1S/C19H23ClN2O.2ClH/c1-15-18(13-20)21-10-7-19(15)23-17-8-11-22(12-9-17)14-16-5-3-2-4-6-16;;/h2-7,10,17H,8-9,11-14H2,1H3;2*1H. The molecular formula is C19H25Cl3N2O. The minimum atomic E-state index is 0. The van der Waals surface area contributed by atoms with E-state index in [1.165, 1.54) is 5.56 Å². The second-order valence-electron chi connectivity index (χ2n) is 6.09. The Morgan fingerprint density at radius 1 is 1.12 bits per heavy atom. The van der Waals surface area contributed by atoms with Crippen molar-refractivity contribution in [2.24, 2.45) is 0 Å². The maximum atomic E-state index is 6.20. The van der Waals surface area contributed by atoms with Crippen LogP contribution in [-0.4, -0.2) is 29.1 Å². The number of nitrogens with zero attached hydrogens (tertiary/aromatic N) is 2. The van der Waals surface area contributed by atoms with Gasteiger partial charge in [-0.15, -0.1) is 36.4 Å². The summed E-state index contributed by atoms with van der Waals surface area (Å²) < 4.78 is 6.20. The number of aromatic nitrogens is 1. The van der Waals surface area contributed by atoms with E-state index in [9.17, 15) is 0 Å². The molecule has 6 heteroatoms. The Hall–Kier alpha value is -1.000. The number of rotatable bonds is 5. The Kier molecular flexibility index (Phi) is 9.58. The van der Waals surface area contributed by atoms with Crippen molar-refractivity contribution in [1.29, 1.82) is 0 Å². The van der Waals surface area contributed by atoms with Crippen LogP contribution < -0.4 is 4.74 Å². The highest BCUT2D eigenvalue weighted by Gasteiger charge is 2.21. The van der Waals surface area contributed by atoms with Crippen LogP contribution in [0.2, 0.25) is 0 Å². The van der Waals surface area contributed by atoms with Crippen molar-refractivity contribution >= 4 is 36.4 Å². The minimum absolute atomic E-state index is 0. The molecule has 138 valence electrons. The van der Waals surface area contributed by atoms with Gasteiger partial charge in [0.2, 0.25) is 0 Å². The van der Waals surface area contributed by atoms with Crippen molar-refractivity contribution in [3.63, 3.8) is 0 Å². The second kappa shape index (κ2) is 10.9. The fourth-order valence-corrected chi connectivity index (χ4v) is 3.30. The number of alkyl halides is 1. The molecule has 1 saturated heterocycles. The predicted octanol–water partition coefficient (Wildman–Crippen LogP) is 5.02. The summed E-state index contributed by atoms with van der Waals surface area (Å²) in [7, 11) is 0. The van der Waals surface area contributed by atoms with Gasteiger partial charge in [-0.05, 0) is 31.4 Å². The number of pyridine rings is 1. The van der Waals surface area contributed by atoms with Crippen LogP contribution in [0.1, 0.15) is 29.7 Å². The molecule has 0 unspecified atom stereocenters. The monoisotopic (exact) mass is 402 g/mol. The van der Waals surface area contributed by atoms with Crippen LogP contribution in [0.4, 0.5) is 0 Å². The number of halogens is 3. The van der Waals surface area contributed by atoms with Crippen LogP contribution in [0, 0.1) is 6.92 Å². The van der Waals surface area contributed by atoms with Gasteiger partial charge in [-0.25, -0.2) is 0 Å². The Morgan fingerprint density at radius 2 is 1.80 bits per heavy atom. The molecule has 3 rings (SSSR count). The lowest BCUT2D eigenvalue weighted by Gasteiger charge is -2.32. The molecule has 3 nitrogen and oxygen atoms in total. The first kappa shape index (κ1) is 22.0. The number of piperidine rings is 1. The molecule has 0 bridgehead atoms. The molecule has 25 heavy (non-hydrogen) atoms. The molecule has 2 aromatic rings. The third-order valence-corrected chi connectivity index (χ3v) is 4.72. The average Bonchev–Trinajstić information content (AvgIpc) is 2.59. The van der Waals surface area contributed by atoms with E-state index < -0.39 is 0 Å². The first-order valence-electron chi connectivity index (χ1n) is 8.19. The van der Waals surface area contributed by atoms with Gasteiger partial charge in [0, 0.05) is 31.4 Å². The van der Waals surface area contributed by atoms with Gasteiger partial charge in [0.15, 0.2) is 0 Å². The van der Waals surface area contributed by atoms with Crippen LogP contribution in [0.5, 0.6) is 5.75 Å². The average molecular weight is 404 g/mol. The maximum absolute atomic E-state index is 6.20. The summed E-state index contributed by atoms with van der Waals surface area (Å²) in [5.41, 5.74) is 3.35. The molecule has 0 spiro atoms. The van der Waals surface area contributed by atoms with Crippen molar-refractivity contribution in [3.05, 3.63) is 59.4 Å². The highest BCUT2D eigenvalue weighted by atomic mass is 35.5. The number of ether oxygens (including phenoxy) is 1. The van der Waals surface area contributed by atoms with E-state index in [2.05, 4.69) is 40.2 Å². The van der Waals surface area contributed by atoms with Crippen LogP contribution in [-0.2, 0) is 12.4 Å². The van der Waals surface area contributed by atoms with E-state index in [1.807, 2.05) is 13.0 Å².